The zero-order valence-corrected chi connectivity index (χ0v) is 26.1. The van der Waals surface area contributed by atoms with E-state index >= 15 is 8.78 Å². The Kier molecular flexibility index (Phi) is 6.07. The van der Waals surface area contributed by atoms with Gasteiger partial charge in [0.15, 0.2) is 23.5 Å². The van der Waals surface area contributed by atoms with E-state index in [-0.39, 0.29) is 12.0 Å². The molecule has 9 rings (SSSR count). The lowest BCUT2D eigenvalue weighted by Crippen LogP contribution is -2.51. The van der Waals surface area contributed by atoms with E-state index in [9.17, 15) is 0 Å². The molecule has 7 aromatic rings. The molecule has 6 heteroatoms. The van der Waals surface area contributed by atoms with Crippen LogP contribution in [0.25, 0.3) is 61.5 Å². The Hall–Kier alpha value is -5.49. The van der Waals surface area contributed by atoms with Crippen LogP contribution in [0.3, 0.4) is 0 Å². The molecule has 0 N–H and O–H groups in total. The smallest absolute Gasteiger partial charge is 0.402 e. The van der Waals surface area contributed by atoms with Crippen molar-refractivity contribution in [3.05, 3.63) is 144 Å². The van der Waals surface area contributed by atoms with Gasteiger partial charge in [0, 0.05) is 41.0 Å². The number of hydrogen-bond acceptors (Lipinski definition) is 2. The molecule has 0 radical (unpaired) electrons. The summed E-state index contributed by atoms with van der Waals surface area (Å²) in [6, 6.07) is 31.7. The molecule has 4 aromatic heterocycles. The third-order valence-electron chi connectivity index (χ3n) is 10.2. The molecule has 2 aliphatic rings. The summed E-state index contributed by atoms with van der Waals surface area (Å²) in [7, 11) is 0. The molecule has 2 unspecified atom stereocenters. The fraction of sp³-hybridized carbons (Fsp3) is 0.146. The van der Waals surface area contributed by atoms with Crippen LogP contribution >= 0.6 is 0 Å². The van der Waals surface area contributed by atoms with Gasteiger partial charge in [-0.2, -0.15) is 8.96 Å². The Morgan fingerprint density at radius 2 is 1.57 bits per heavy atom. The highest BCUT2D eigenvalue weighted by atomic mass is 19.2. The van der Waals surface area contributed by atoms with Crippen molar-refractivity contribution in [1.82, 2.24) is 4.98 Å². The number of benzene rings is 3. The van der Waals surface area contributed by atoms with E-state index in [1.807, 2.05) is 42.5 Å². The Bertz CT molecular complexity index is 2440. The normalized spacial score (nSPS) is 16.8. The van der Waals surface area contributed by atoms with Crippen LogP contribution in [0.2, 0.25) is 0 Å². The summed E-state index contributed by atoms with van der Waals surface area (Å²) in [6.07, 6.45) is 3.54. The Morgan fingerprint density at radius 3 is 2.43 bits per heavy atom. The minimum Gasteiger partial charge on any atom is -0.437 e. The summed E-state index contributed by atoms with van der Waals surface area (Å²) in [4.78, 5) is 5.00. The van der Waals surface area contributed by atoms with Gasteiger partial charge in [-0.05, 0) is 79.4 Å². The van der Waals surface area contributed by atoms with Crippen LogP contribution in [0, 0.1) is 25.6 Å². The van der Waals surface area contributed by atoms with E-state index < -0.39 is 11.8 Å². The second-order valence-corrected chi connectivity index (χ2v) is 12.7. The first-order valence-corrected chi connectivity index (χ1v) is 16.0. The van der Waals surface area contributed by atoms with Crippen molar-refractivity contribution >= 4 is 27.8 Å². The number of halogens is 2. The first-order chi connectivity index (χ1) is 22.9. The lowest BCUT2D eigenvalue weighted by molar-refractivity contribution is -0.721. The molecule has 0 bridgehead atoms. The maximum Gasteiger partial charge on any atom is 0.402 e. The lowest BCUT2D eigenvalue weighted by Gasteiger charge is -2.29. The summed E-state index contributed by atoms with van der Waals surface area (Å²) in [5.41, 5.74) is 11.2. The monoisotopic (exact) mass is 619 g/mol. The SMILES string of the molecule is C=C1C2c3ccccc3-c3cccc[n+]3C2CCc2ccc3c(oc4nc(-c5c(C)cccc5C)ccc43)c2-c2ccc(F)c(F)[n+]21. The second-order valence-electron chi connectivity index (χ2n) is 12.7. The minimum absolute atomic E-state index is 0.0736. The molecule has 2 atom stereocenters. The molecule has 0 amide bonds. The summed E-state index contributed by atoms with van der Waals surface area (Å²) in [6.45, 7) is 8.68. The molecule has 0 saturated carbocycles. The van der Waals surface area contributed by atoms with Gasteiger partial charge in [0.05, 0.1) is 16.8 Å². The number of nitrogens with zero attached hydrogens (tertiary/aromatic N) is 3. The van der Waals surface area contributed by atoms with Gasteiger partial charge < -0.3 is 4.42 Å². The maximum absolute atomic E-state index is 16.3. The molecular weight excluding hydrogens is 588 g/mol. The van der Waals surface area contributed by atoms with E-state index in [2.05, 4.69) is 73.7 Å². The van der Waals surface area contributed by atoms with E-state index in [1.165, 1.54) is 10.6 Å². The van der Waals surface area contributed by atoms with Crippen molar-refractivity contribution in [2.24, 2.45) is 0 Å². The van der Waals surface area contributed by atoms with Gasteiger partial charge in [-0.15, -0.1) is 8.96 Å². The number of pyridine rings is 3. The summed E-state index contributed by atoms with van der Waals surface area (Å²) in [5.74, 6) is -2.20. The van der Waals surface area contributed by atoms with Gasteiger partial charge in [-0.25, -0.2) is 4.98 Å². The average molecular weight is 620 g/mol. The molecule has 6 heterocycles. The number of rotatable bonds is 1. The van der Waals surface area contributed by atoms with E-state index in [4.69, 9.17) is 9.40 Å². The zero-order chi connectivity index (χ0) is 32.0. The van der Waals surface area contributed by atoms with Gasteiger partial charge in [-0.3, -0.25) is 0 Å². The van der Waals surface area contributed by atoms with Crippen LogP contribution in [0.4, 0.5) is 8.78 Å². The van der Waals surface area contributed by atoms with Crippen molar-refractivity contribution in [3.63, 3.8) is 0 Å². The second kappa shape index (κ2) is 10.3. The van der Waals surface area contributed by atoms with Crippen LogP contribution in [-0.4, -0.2) is 4.98 Å². The Morgan fingerprint density at radius 1 is 0.787 bits per heavy atom. The number of allylic oxidation sites excluding steroid dienone is 1. The third kappa shape index (κ3) is 4.00. The highest BCUT2D eigenvalue weighted by molar-refractivity contribution is 6.09. The molecule has 0 fully saturated rings. The largest absolute Gasteiger partial charge is 0.437 e. The van der Waals surface area contributed by atoms with Crippen LogP contribution in [0.15, 0.2) is 114 Å². The maximum atomic E-state index is 16.3. The zero-order valence-electron chi connectivity index (χ0n) is 26.1. The molecule has 4 nitrogen and oxygen atoms in total. The van der Waals surface area contributed by atoms with Gasteiger partial charge in [0.1, 0.15) is 5.92 Å². The van der Waals surface area contributed by atoms with Gasteiger partial charge in [-0.1, -0.05) is 48.5 Å². The molecule has 0 spiro atoms. The fourth-order valence-electron chi connectivity index (χ4n) is 8.08. The fourth-order valence-corrected chi connectivity index (χ4v) is 8.08. The minimum atomic E-state index is -0.969. The van der Waals surface area contributed by atoms with Gasteiger partial charge in [0.25, 0.3) is 0 Å². The molecule has 228 valence electrons. The summed E-state index contributed by atoms with van der Waals surface area (Å²) < 4.78 is 41.8. The molecule has 3 aromatic carbocycles. The molecular formula is C41H31F2N3O+2. The van der Waals surface area contributed by atoms with Crippen LogP contribution < -0.4 is 9.13 Å². The first kappa shape index (κ1) is 27.8. The first-order valence-electron chi connectivity index (χ1n) is 16.0. The Balaban J connectivity index is 1.32. The average Bonchev–Trinajstić information content (AvgIpc) is 3.47. The van der Waals surface area contributed by atoms with Crippen molar-refractivity contribution in [2.75, 3.05) is 0 Å². The number of fused-ring (bicyclic) bond motifs is 13. The predicted molar refractivity (Wildman–Crippen MR) is 179 cm³/mol. The number of aryl methyl sites for hydroxylation is 3. The van der Waals surface area contributed by atoms with Crippen molar-refractivity contribution in [3.8, 4) is 33.8 Å². The Labute approximate surface area is 270 Å². The number of aromatic nitrogens is 3. The number of hydrogen-bond donors (Lipinski definition) is 0. The molecule has 2 aliphatic heterocycles. The van der Waals surface area contributed by atoms with Gasteiger partial charge >= 0.3 is 5.95 Å². The third-order valence-corrected chi connectivity index (χ3v) is 10.2. The van der Waals surface area contributed by atoms with E-state index in [0.717, 1.165) is 67.5 Å². The van der Waals surface area contributed by atoms with Crippen LogP contribution in [0.5, 0.6) is 0 Å². The predicted octanol–water partition coefficient (Wildman–Crippen LogP) is 9.21. The summed E-state index contributed by atoms with van der Waals surface area (Å²) in [5, 5.41) is 1.75. The number of furan rings is 1. The van der Waals surface area contributed by atoms with Crippen LogP contribution in [0.1, 0.15) is 40.6 Å². The van der Waals surface area contributed by atoms with Crippen molar-refractivity contribution in [2.45, 2.75) is 38.6 Å². The summed E-state index contributed by atoms with van der Waals surface area (Å²) >= 11 is 0. The topological polar surface area (TPSA) is 33.8 Å². The van der Waals surface area contributed by atoms with E-state index in [0.29, 0.717) is 29.1 Å². The van der Waals surface area contributed by atoms with Crippen LogP contribution in [-0.2, 0) is 6.42 Å². The van der Waals surface area contributed by atoms with E-state index in [1.54, 1.807) is 6.07 Å². The lowest BCUT2D eigenvalue weighted by atomic mass is 9.79. The highest BCUT2D eigenvalue weighted by Crippen LogP contribution is 2.46. The quantitative estimate of drug-likeness (QED) is 0.136. The van der Waals surface area contributed by atoms with Gasteiger partial charge in [0.2, 0.25) is 22.9 Å². The van der Waals surface area contributed by atoms with Crippen molar-refractivity contribution in [1.29, 1.82) is 0 Å². The highest BCUT2D eigenvalue weighted by Gasteiger charge is 2.47. The molecule has 47 heavy (non-hydrogen) atoms. The van der Waals surface area contributed by atoms with Crippen molar-refractivity contribution < 1.29 is 22.3 Å². The molecule has 0 saturated heterocycles. The standard InChI is InChI=1S/C41H31F2N3O/c1-23-9-8-10-24(2)36(23)32-19-17-30-29-16-14-26-15-20-34-37(28-12-5-4-11-27(28)33-13-6-7-22-45(33)34)25(3)46-35(21-18-31(42)40(46)43)38(26)39(29)47-41(30)44-32/h4-14,16-19,21-22,34,37H,3,15,20H2,1-2H3/q+2. The molecule has 0 aliphatic carbocycles.